The van der Waals surface area contributed by atoms with E-state index in [1.165, 1.54) is 29.4 Å². The zero-order valence-electron chi connectivity index (χ0n) is 23.0. The highest BCUT2D eigenvalue weighted by molar-refractivity contribution is 7.92. The Bertz CT molecular complexity index is 1510. The molecule has 4 rings (SSSR count). The van der Waals surface area contributed by atoms with Gasteiger partial charge in [-0.2, -0.15) is 4.31 Å². The Morgan fingerprint density at radius 3 is 2.44 bits per heavy atom. The van der Waals surface area contributed by atoms with Gasteiger partial charge in [-0.25, -0.2) is 8.42 Å². The molecule has 0 aromatic heterocycles. The van der Waals surface area contributed by atoms with E-state index in [4.69, 9.17) is 0 Å². The third-order valence-electron chi connectivity index (χ3n) is 7.04. The van der Waals surface area contributed by atoms with Gasteiger partial charge in [0.15, 0.2) is 0 Å². The highest BCUT2D eigenvalue weighted by atomic mass is 32.2. The molecule has 1 fully saturated rings. The van der Waals surface area contributed by atoms with Gasteiger partial charge in [-0.3, -0.25) is 14.6 Å². The van der Waals surface area contributed by atoms with Crippen LogP contribution in [0.15, 0.2) is 52.9 Å². The summed E-state index contributed by atoms with van der Waals surface area (Å²) in [5.74, 6) is -0.858. The maximum Gasteiger partial charge on any atom is 0.573 e. The first-order chi connectivity index (χ1) is 19.1. The van der Waals surface area contributed by atoms with Crippen LogP contribution in [0.25, 0.3) is 6.08 Å². The van der Waals surface area contributed by atoms with E-state index in [1.807, 2.05) is 26.8 Å². The monoisotopic (exact) mass is 592 g/mol. The Morgan fingerprint density at radius 1 is 1.17 bits per heavy atom. The number of ether oxygens (including phenoxy) is 1. The second kappa shape index (κ2) is 11.3. The van der Waals surface area contributed by atoms with Crippen LogP contribution in [0.2, 0.25) is 0 Å². The van der Waals surface area contributed by atoms with Gasteiger partial charge in [0.1, 0.15) is 17.1 Å². The van der Waals surface area contributed by atoms with Gasteiger partial charge in [-0.1, -0.05) is 18.2 Å². The molecule has 1 spiro atoms. The van der Waals surface area contributed by atoms with E-state index in [1.54, 1.807) is 17.0 Å². The lowest BCUT2D eigenvalue weighted by atomic mass is 9.89. The molecular weight excluding hydrogens is 561 g/mol. The van der Waals surface area contributed by atoms with Crippen molar-refractivity contribution in [3.63, 3.8) is 0 Å². The third kappa shape index (κ3) is 6.79. The summed E-state index contributed by atoms with van der Waals surface area (Å²) in [6, 6.07) is 10.5. The fourth-order valence-electron chi connectivity index (χ4n) is 5.03. The van der Waals surface area contributed by atoms with Crippen LogP contribution in [0.3, 0.4) is 0 Å². The average Bonchev–Trinajstić information content (AvgIpc) is 3.18. The second-order valence-electron chi connectivity index (χ2n) is 10.3. The quantitative estimate of drug-likeness (QED) is 0.514. The molecule has 0 radical (unpaired) electrons. The number of aryl methyl sites for hydroxylation is 1. The number of carbonyl (C=O) groups excluding carboxylic acids is 2. The highest BCUT2D eigenvalue weighted by Crippen LogP contribution is 2.33. The first-order valence-electron chi connectivity index (χ1n) is 13.0. The molecule has 0 saturated carbocycles. The van der Waals surface area contributed by atoms with E-state index < -0.39 is 33.6 Å². The summed E-state index contributed by atoms with van der Waals surface area (Å²) in [6.45, 7) is 7.21. The van der Waals surface area contributed by atoms with E-state index in [0.29, 0.717) is 5.56 Å². The molecule has 0 aliphatic carbocycles. The van der Waals surface area contributed by atoms with Crippen LogP contribution in [0.5, 0.6) is 5.75 Å². The van der Waals surface area contributed by atoms with Gasteiger partial charge in [0.05, 0.1) is 0 Å². The zero-order valence-corrected chi connectivity index (χ0v) is 23.8. The molecule has 1 N–H and O–H groups in total. The number of rotatable bonds is 7. The fourth-order valence-corrected chi connectivity index (χ4v) is 6.21. The van der Waals surface area contributed by atoms with E-state index in [2.05, 4.69) is 15.0 Å². The Hall–Kier alpha value is -3.71. The summed E-state index contributed by atoms with van der Waals surface area (Å²) in [7, 11) is -3.82. The molecule has 41 heavy (non-hydrogen) atoms. The minimum atomic E-state index is -4.86. The number of benzene rings is 2. The number of nitrogens with one attached hydrogen (secondary N) is 1. The first kappa shape index (κ1) is 30.3. The standard InChI is InChI=1S/C28H31F3N4O5S/c1-18(2)35(20(4)36)23-9-8-21(19(3)16-23)10-15-41(38,39)34-13-11-27(12-14-34)26(37)32-25(33-27)22-6-5-7-24(17-22)40-28(29,30)31/h5-10,15-18H,11-14H2,1-4H3,(H,32,33,37)/b15-10+. The number of sulfonamides is 1. The molecule has 0 bridgehead atoms. The first-order valence-corrected chi connectivity index (χ1v) is 14.5. The van der Waals surface area contributed by atoms with Crippen molar-refractivity contribution in [3.8, 4) is 5.75 Å². The molecule has 220 valence electrons. The van der Waals surface area contributed by atoms with E-state index in [9.17, 15) is 31.2 Å². The Labute approximate surface area is 236 Å². The van der Waals surface area contributed by atoms with Crippen LogP contribution in [-0.2, 0) is 19.6 Å². The van der Waals surface area contributed by atoms with Gasteiger partial charge >= 0.3 is 6.36 Å². The molecule has 2 aliphatic rings. The summed E-state index contributed by atoms with van der Waals surface area (Å²) < 4.78 is 69.2. The maximum atomic E-state index is 13.1. The Morgan fingerprint density at radius 2 is 1.85 bits per heavy atom. The SMILES string of the molecule is CC(=O)N(c1ccc(/C=C/S(=O)(=O)N2CCC3(CC2)N=C(c2cccc(OC(F)(F)F)c2)NC3=O)c(C)c1)C(C)C. The van der Waals surface area contributed by atoms with Gasteiger partial charge in [-0.15, -0.1) is 13.2 Å². The summed E-state index contributed by atoms with van der Waals surface area (Å²) in [5.41, 5.74) is 1.24. The largest absolute Gasteiger partial charge is 0.573 e. The smallest absolute Gasteiger partial charge is 0.406 e. The molecule has 13 heteroatoms. The number of amides is 2. The molecule has 2 amide bonds. The van der Waals surface area contributed by atoms with E-state index in [-0.39, 0.29) is 49.3 Å². The number of nitrogens with zero attached hydrogens (tertiary/aromatic N) is 3. The van der Waals surface area contributed by atoms with Crippen molar-refractivity contribution in [1.29, 1.82) is 0 Å². The minimum Gasteiger partial charge on any atom is -0.406 e. The normalized spacial score (nSPS) is 17.7. The molecular formula is C28H31F3N4O5S. The van der Waals surface area contributed by atoms with Gasteiger partial charge in [0.2, 0.25) is 15.9 Å². The number of anilines is 1. The van der Waals surface area contributed by atoms with E-state index in [0.717, 1.165) is 28.8 Å². The van der Waals surface area contributed by atoms with Gasteiger partial charge in [0, 0.05) is 42.7 Å². The number of amidine groups is 1. The van der Waals surface area contributed by atoms with Crippen molar-refractivity contribution in [1.82, 2.24) is 9.62 Å². The molecule has 2 aromatic carbocycles. The van der Waals surface area contributed by atoms with Crippen molar-refractivity contribution in [2.75, 3.05) is 18.0 Å². The van der Waals surface area contributed by atoms with Crippen molar-refractivity contribution in [2.45, 2.75) is 58.5 Å². The van der Waals surface area contributed by atoms with E-state index >= 15 is 0 Å². The van der Waals surface area contributed by atoms with Crippen molar-refractivity contribution in [2.24, 2.45) is 4.99 Å². The topological polar surface area (TPSA) is 108 Å². The number of alkyl halides is 3. The van der Waals surface area contributed by atoms with Crippen LogP contribution in [0.1, 0.15) is 50.3 Å². The lowest BCUT2D eigenvalue weighted by molar-refractivity contribution is -0.274. The Balaban J connectivity index is 1.45. The average molecular weight is 593 g/mol. The number of piperidine rings is 1. The molecule has 0 atom stereocenters. The molecule has 0 unspecified atom stereocenters. The Kier molecular flexibility index (Phi) is 8.33. The molecule has 2 aliphatic heterocycles. The number of aliphatic imine (C=N–C) groups is 1. The lowest BCUT2D eigenvalue weighted by Gasteiger charge is -2.34. The molecule has 9 nitrogen and oxygen atoms in total. The number of carbonyl (C=O) groups is 2. The summed E-state index contributed by atoms with van der Waals surface area (Å²) in [6.07, 6.45) is -3.14. The van der Waals surface area contributed by atoms with Gasteiger partial charge in [0.25, 0.3) is 5.91 Å². The fraction of sp³-hybridized carbons (Fsp3) is 0.393. The van der Waals surface area contributed by atoms with Crippen molar-refractivity contribution in [3.05, 3.63) is 64.6 Å². The maximum absolute atomic E-state index is 13.1. The van der Waals surface area contributed by atoms with Gasteiger partial charge < -0.3 is 15.0 Å². The predicted molar refractivity (Wildman–Crippen MR) is 149 cm³/mol. The summed E-state index contributed by atoms with van der Waals surface area (Å²) >= 11 is 0. The van der Waals surface area contributed by atoms with Gasteiger partial charge in [-0.05, 0) is 75.1 Å². The number of hydrogen-bond donors (Lipinski definition) is 1. The molecule has 2 aromatic rings. The summed E-state index contributed by atoms with van der Waals surface area (Å²) in [4.78, 5) is 31.0. The van der Waals surface area contributed by atoms with Crippen LogP contribution >= 0.6 is 0 Å². The lowest BCUT2D eigenvalue weighted by Crippen LogP contribution is -2.50. The van der Waals surface area contributed by atoms with Crippen LogP contribution in [0.4, 0.5) is 18.9 Å². The van der Waals surface area contributed by atoms with Crippen molar-refractivity contribution >= 4 is 39.4 Å². The third-order valence-corrected chi connectivity index (χ3v) is 8.60. The highest BCUT2D eigenvalue weighted by Gasteiger charge is 2.47. The zero-order chi connectivity index (χ0) is 30.2. The van der Waals surface area contributed by atoms with Crippen LogP contribution in [-0.4, -0.2) is 61.4 Å². The molecule has 2 heterocycles. The minimum absolute atomic E-state index is 0.0352. The van der Waals surface area contributed by atoms with Crippen molar-refractivity contribution < 1.29 is 35.9 Å². The summed E-state index contributed by atoms with van der Waals surface area (Å²) in [5, 5.41) is 3.74. The number of halogens is 3. The molecule has 1 saturated heterocycles. The van der Waals surface area contributed by atoms with Crippen LogP contribution < -0.4 is 15.0 Å². The number of hydrogen-bond acceptors (Lipinski definition) is 6. The van der Waals surface area contributed by atoms with Crippen LogP contribution in [0, 0.1) is 6.92 Å². The second-order valence-corrected chi connectivity index (χ2v) is 12.1. The predicted octanol–water partition coefficient (Wildman–Crippen LogP) is 4.37.